The van der Waals surface area contributed by atoms with Crippen LogP contribution in [-0.4, -0.2) is 19.9 Å². The minimum Gasteiger partial charge on any atom is -0.264 e. The second-order valence-corrected chi connectivity index (χ2v) is 8.40. The lowest BCUT2D eigenvalue weighted by atomic mass is 10.2. The number of nitrogens with one attached hydrogen (secondary N) is 1. The van der Waals surface area contributed by atoms with Crippen molar-refractivity contribution in [3.63, 3.8) is 0 Å². The van der Waals surface area contributed by atoms with Crippen LogP contribution in [0.2, 0.25) is 0 Å². The zero-order chi connectivity index (χ0) is 13.9. The summed E-state index contributed by atoms with van der Waals surface area (Å²) in [4.78, 5) is 3.99. The van der Waals surface area contributed by atoms with Crippen molar-refractivity contribution < 1.29 is 8.42 Å². The van der Waals surface area contributed by atoms with E-state index in [9.17, 15) is 8.42 Å². The van der Waals surface area contributed by atoms with Crippen LogP contribution in [0.1, 0.15) is 11.1 Å². The molecule has 0 aliphatic rings. The Morgan fingerprint density at radius 3 is 2.84 bits per heavy atom. The molecule has 7 heteroatoms. The Morgan fingerprint density at radius 2 is 2.26 bits per heavy atom. The first-order chi connectivity index (χ1) is 8.99. The van der Waals surface area contributed by atoms with Crippen LogP contribution in [0, 0.1) is 6.92 Å². The molecule has 4 nitrogen and oxygen atoms in total. The zero-order valence-electron chi connectivity index (χ0n) is 10.3. The van der Waals surface area contributed by atoms with Gasteiger partial charge in [-0.1, -0.05) is 6.07 Å². The maximum Gasteiger partial charge on any atom is 0.250 e. The topological polar surface area (TPSA) is 59.1 Å². The smallest absolute Gasteiger partial charge is 0.250 e. The normalized spacial score (nSPS) is 11.7. The molecule has 19 heavy (non-hydrogen) atoms. The third kappa shape index (κ3) is 3.85. The largest absolute Gasteiger partial charge is 0.264 e. The van der Waals surface area contributed by atoms with Crippen molar-refractivity contribution >= 4 is 37.3 Å². The van der Waals surface area contributed by atoms with E-state index >= 15 is 0 Å². The fourth-order valence-corrected chi connectivity index (χ4v) is 4.81. The van der Waals surface area contributed by atoms with E-state index in [0.29, 0.717) is 17.2 Å². The van der Waals surface area contributed by atoms with Crippen LogP contribution in [0.5, 0.6) is 0 Å². The van der Waals surface area contributed by atoms with Crippen LogP contribution in [0.3, 0.4) is 0 Å². The maximum atomic E-state index is 12.1. The first-order valence-corrected chi connectivity index (χ1v) is 8.73. The highest BCUT2D eigenvalue weighted by atomic mass is 79.9. The molecular weight excluding hydrogens is 348 g/mol. The van der Waals surface area contributed by atoms with E-state index in [1.807, 2.05) is 19.1 Å². The highest BCUT2D eigenvalue weighted by Crippen LogP contribution is 2.30. The van der Waals surface area contributed by atoms with Gasteiger partial charge in [0.25, 0.3) is 0 Å². The molecule has 2 rings (SSSR count). The minimum absolute atomic E-state index is 0.336. The number of aryl methyl sites for hydroxylation is 1. The molecule has 0 aromatic carbocycles. The van der Waals surface area contributed by atoms with Gasteiger partial charge in [-0.3, -0.25) is 4.98 Å². The molecule has 0 unspecified atom stereocenters. The summed E-state index contributed by atoms with van der Waals surface area (Å²) in [6.07, 6.45) is 4.05. The molecule has 0 amide bonds. The SMILES string of the molecule is Cc1cc(S(=O)(=O)NCCc2cccnc2)sc1Br. The molecule has 0 fully saturated rings. The van der Waals surface area contributed by atoms with Crippen molar-refractivity contribution in [2.75, 3.05) is 6.54 Å². The Kier molecular flexibility index (Phi) is 4.72. The Morgan fingerprint density at radius 1 is 1.47 bits per heavy atom. The number of hydrogen-bond donors (Lipinski definition) is 1. The van der Waals surface area contributed by atoms with Gasteiger partial charge in [0.15, 0.2) is 0 Å². The number of sulfonamides is 1. The number of aromatic nitrogens is 1. The molecule has 2 heterocycles. The number of rotatable bonds is 5. The summed E-state index contributed by atoms with van der Waals surface area (Å²) in [7, 11) is -3.41. The van der Waals surface area contributed by atoms with Crippen molar-refractivity contribution in [2.24, 2.45) is 0 Å². The fraction of sp³-hybridized carbons (Fsp3) is 0.250. The van der Waals surface area contributed by atoms with Gasteiger partial charge >= 0.3 is 0 Å². The average molecular weight is 361 g/mol. The first-order valence-electron chi connectivity index (χ1n) is 5.63. The van der Waals surface area contributed by atoms with E-state index in [4.69, 9.17) is 0 Å². The molecule has 0 aliphatic heterocycles. The van der Waals surface area contributed by atoms with Crippen LogP contribution < -0.4 is 4.72 Å². The number of thiophene rings is 1. The third-order valence-corrected chi connectivity index (χ3v) is 6.60. The highest BCUT2D eigenvalue weighted by molar-refractivity contribution is 9.11. The van der Waals surface area contributed by atoms with Gasteiger partial charge in [0.2, 0.25) is 10.0 Å². The summed E-state index contributed by atoms with van der Waals surface area (Å²) in [6, 6.07) is 5.43. The quantitative estimate of drug-likeness (QED) is 0.891. The van der Waals surface area contributed by atoms with Gasteiger partial charge in [-0.15, -0.1) is 11.3 Å². The second-order valence-electron chi connectivity index (χ2n) is 4.03. The predicted molar refractivity (Wildman–Crippen MR) is 79.9 cm³/mol. The van der Waals surface area contributed by atoms with E-state index in [1.165, 1.54) is 11.3 Å². The van der Waals surface area contributed by atoms with Crippen molar-refractivity contribution in [2.45, 2.75) is 17.6 Å². The summed E-state index contributed by atoms with van der Waals surface area (Å²) >= 11 is 4.55. The summed E-state index contributed by atoms with van der Waals surface area (Å²) in [6.45, 7) is 2.23. The molecule has 0 saturated carbocycles. The van der Waals surface area contributed by atoms with Gasteiger partial charge in [0.1, 0.15) is 4.21 Å². The molecular formula is C12H13BrN2O2S2. The summed E-state index contributed by atoms with van der Waals surface area (Å²) in [5, 5.41) is 0. The number of nitrogens with zero attached hydrogens (tertiary/aromatic N) is 1. The number of halogens is 1. The molecule has 0 saturated heterocycles. The zero-order valence-corrected chi connectivity index (χ0v) is 13.5. The van der Waals surface area contributed by atoms with E-state index < -0.39 is 10.0 Å². The van der Waals surface area contributed by atoms with Crippen molar-refractivity contribution in [3.05, 3.63) is 45.5 Å². The highest BCUT2D eigenvalue weighted by Gasteiger charge is 2.17. The Hall–Kier alpha value is -0.760. The summed E-state index contributed by atoms with van der Waals surface area (Å²) in [5.74, 6) is 0. The van der Waals surface area contributed by atoms with E-state index in [0.717, 1.165) is 14.9 Å². The van der Waals surface area contributed by atoms with Crippen LogP contribution >= 0.6 is 27.3 Å². The molecule has 1 N–H and O–H groups in total. The molecule has 0 bridgehead atoms. The van der Waals surface area contributed by atoms with Gasteiger partial charge in [0, 0.05) is 18.9 Å². The van der Waals surface area contributed by atoms with Crippen molar-refractivity contribution in [1.29, 1.82) is 0 Å². The van der Waals surface area contributed by atoms with Crippen LogP contribution in [0.25, 0.3) is 0 Å². The third-order valence-electron chi connectivity index (χ3n) is 2.53. The molecule has 2 aromatic heterocycles. The summed E-state index contributed by atoms with van der Waals surface area (Å²) < 4.78 is 27.9. The van der Waals surface area contributed by atoms with Crippen LogP contribution in [-0.2, 0) is 16.4 Å². The van der Waals surface area contributed by atoms with Gasteiger partial charge in [-0.25, -0.2) is 13.1 Å². The minimum atomic E-state index is -3.41. The van der Waals surface area contributed by atoms with E-state index in [1.54, 1.807) is 18.5 Å². The number of pyridine rings is 1. The monoisotopic (exact) mass is 360 g/mol. The fourth-order valence-electron chi connectivity index (χ4n) is 1.51. The average Bonchev–Trinajstić information content (AvgIpc) is 2.72. The molecule has 0 atom stereocenters. The molecule has 0 aliphatic carbocycles. The molecule has 0 spiro atoms. The number of hydrogen-bond acceptors (Lipinski definition) is 4. The Balaban J connectivity index is 1.99. The van der Waals surface area contributed by atoms with Gasteiger partial charge in [0.05, 0.1) is 3.79 Å². The lowest BCUT2D eigenvalue weighted by Crippen LogP contribution is -2.25. The lowest BCUT2D eigenvalue weighted by Gasteiger charge is -2.04. The molecule has 0 radical (unpaired) electrons. The Bertz CT molecular complexity index is 634. The molecule has 102 valence electrons. The molecule has 2 aromatic rings. The maximum absolute atomic E-state index is 12.1. The first kappa shape index (κ1) is 14.6. The van der Waals surface area contributed by atoms with E-state index in [-0.39, 0.29) is 0 Å². The lowest BCUT2D eigenvalue weighted by molar-refractivity contribution is 0.583. The van der Waals surface area contributed by atoms with Gasteiger partial charge < -0.3 is 0 Å². The van der Waals surface area contributed by atoms with Crippen LogP contribution in [0.15, 0.2) is 38.6 Å². The Labute approximate surface area is 125 Å². The standard InChI is InChI=1S/C12H13BrN2O2S2/c1-9-7-11(18-12(9)13)19(16,17)15-6-4-10-3-2-5-14-8-10/h2-3,5,7-8,15H,4,6H2,1H3. The van der Waals surface area contributed by atoms with Gasteiger partial charge in [-0.2, -0.15) is 0 Å². The van der Waals surface area contributed by atoms with Crippen LogP contribution in [0.4, 0.5) is 0 Å². The summed E-state index contributed by atoms with van der Waals surface area (Å²) in [5.41, 5.74) is 1.94. The van der Waals surface area contributed by atoms with Gasteiger partial charge in [-0.05, 0) is 52.5 Å². The van der Waals surface area contributed by atoms with Crippen molar-refractivity contribution in [3.8, 4) is 0 Å². The predicted octanol–water partition coefficient (Wildman–Crippen LogP) is 2.74. The van der Waals surface area contributed by atoms with E-state index in [2.05, 4.69) is 25.6 Å². The second kappa shape index (κ2) is 6.13. The van der Waals surface area contributed by atoms with Crippen molar-refractivity contribution in [1.82, 2.24) is 9.71 Å².